The number of hydrogen-bond donors (Lipinski definition) is 1. The Morgan fingerprint density at radius 1 is 1.50 bits per heavy atom. The number of allylic oxidation sites excluding steroid dienone is 2. The Kier molecular flexibility index (Phi) is 1.93. The number of hydrogen-bond acceptors (Lipinski definition) is 2. The molecule has 3 rings (SSSR count). The molecule has 4 heteroatoms. The smallest absolute Gasteiger partial charge is 0.339 e. The van der Waals surface area contributed by atoms with Crippen LogP contribution in [0, 0.1) is 11.8 Å². The molecule has 0 aliphatic heterocycles. The molecule has 4 nitrogen and oxygen atoms in total. The van der Waals surface area contributed by atoms with E-state index in [0.29, 0.717) is 23.3 Å². The van der Waals surface area contributed by atoms with Gasteiger partial charge in [-0.2, -0.15) is 5.10 Å². The molecule has 1 N–H and O–H groups in total. The molecule has 0 amide bonds. The van der Waals surface area contributed by atoms with Crippen LogP contribution in [0.2, 0.25) is 0 Å². The molecule has 84 valence electrons. The number of carboxylic acid groups (broad SMARTS) is 1. The molecule has 1 fully saturated rings. The SMILES string of the molecule is Cn1ncc(C(=O)O)c1C1CC2C=CC1C2. The van der Waals surface area contributed by atoms with E-state index in [2.05, 4.69) is 17.3 Å². The van der Waals surface area contributed by atoms with Gasteiger partial charge < -0.3 is 5.11 Å². The maximum Gasteiger partial charge on any atom is 0.339 e. The maximum absolute atomic E-state index is 11.1. The molecular weight excluding hydrogens is 204 g/mol. The van der Waals surface area contributed by atoms with Gasteiger partial charge in [-0.25, -0.2) is 4.79 Å². The lowest BCUT2D eigenvalue weighted by atomic mass is 9.88. The number of nitrogens with zero attached hydrogens (tertiary/aromatic N) is 2. The minimum absolute atomic E-state index is 0.341. The molecule has 1 heterocycles. The minimum atomic E-state index is -0.866. The van der Waals surface area contributed by atoms with Crippen LogP contribution in [0.1, 0.15) is 34.8 Å². The number of carbonyl (C=O) groups is 1. The first-order chi connectivity index (χ1) is 7.66. The summed E-state index contributed by atoms with van der Waals surface area (Å²) in [5, 5.41) is 13.2. The summed E-state index contributed by atoms with van der Waals surface area (Å²) >= 11 is 0. The zero-order chi connectivity index (χ0) is 11.3. The van der Waals surface area contributed by atoms with Crippen LogP contribution in [-0.4, -0.2) is 20.9 Å². The molecule has 0 spiro atoms. The monoisotopic (exact) mass is 218 g/mol. The van der Waals surface area contributed by atoms with Gasteiger partial charge in [0.15, 0.2) is 0 Å². The number of aromatic carboxylic acids is 1. The predicted molar refractivity (Wildman–Crippen MR) is 58.3 cm³/mol. The molecule has 2 aliphatic rings. The maximum atomic E-state index is 11.1. The summed E-state index contributed by atoms with van der Waals surface area (Å²) in [7, 11) is 1.83. The van der Waals surface area contributed by atoms with Crippen LogP contribution in [0.4, 0.5) is 0 Å². The summed E-state index contributed by atoms with van der Waals surface area (Å²) in [6.45, 7) is 0. The van der Waals surface area contributed by atoms with Crippen molar-refractivity contribution in [1.29, 1.82) is 0 Å². The van der Waals surface area contributed by atoms with Crippen molar-refractivity contribution in [3.63, 3.8) is 0 Å². The minimum Gasteiger partial charge on any atom is -0.478 e. The summed E-state index contributed by atoms with van der Waals surface area (Å²) in [5.41, 5.74) is 1.26. The number of fused-ring (bicyclic) bond motifs is 2. The summed E-state index contributed by atoms with van der Waals surface area (Å²) in [5.74, 6) is 0.633. The van der Waals surface area contributed by atoms with Gasteiger partial charge >= 0.3 is 5.97 Å². The lowest BCUT2D eigenvalue weighted by Gasteiger charge is -2.19. The molecule has 1 aromatic rings. The lowest BCUT2D eigenvalue weighted by Crippen LogP contribution is -2.14. The van der Waals surface area contributed by atoms with E-state index in [9.17, 15) is 4.79 Å². The molecule has 0 aromatic carbocycles. The zero-order valence-corrected chi connectivity index (χ0v) is 9.13. The fourth-order valence-electron chi connectivity index (χ4n) is 3.15. The highest BCUT2D eigenvalue weighted by molar-refractivity contribution is 5.88. The van der Waals surface area contributed by atoms with E-state index < -0.39 is 5.97 Å². The van der Waals surface area contributed by atoms with Crippen molar-refractivity contribution in [3.05, 3.63) is 29.6 Å². The average Bonchev–Trinajstić information content (AvgIpc) is 2.90. The third-order valence-corrected chi connectivity index (χ3v) is 3.85. The quantitative estimate of drug-likeness (QED) is 0.770. The van der Waals surface area contributed by atoms with Crippen LogP contribution in [0.15, 0.2) is 18.3 Å². The van der Waals surface area contributed by atoms with Crippen molar-refractivity contribution in [3.8, 4) is 0 Å². The molecule has 16 heavy (non-hydrogen) atoms. The van der Waals surface area contributed by atoms with Crippen LogP contribution in [0.3, 0.4) is 0 Å². The fraction of sp³-hybridized carbons (Fsp3) is 0.500. The van der Waals surface area contributed by atoms with E-state index in [1.807, 2.05) is 7.05 Å². The molecule has 3 atom stereocenters. The average molecular weight is 218 g/mol. The highest BCUT2D eigenvalue weighted by Crippen LogP contribution is 2.49. The Bertz CT molecular complexity index is 475. The van der Waals surface area contributed by atoms with Crippen LogP contribution < -0.4 is 0 Å². The Morgan fingerprint density at radius 2 is 2.31 bits per heavy atom. The molecule has 1 aromatic heterocycles. The summed E-state index contributed by atoms with van der Waals surface area (Å²) < 4.78 is 1.72. The summed E-state index contributed by atoms with van der Waals surface area (Å²) in [6.07, 6.45) is 8.21. The second-order valence-corrected chi connectivity index (χ2v) is 4.76. The lowest BCUT2D eigenvalue weighted by molar-refractivity contribution is 0.0694. The second-order valence-electron chi connectivity index (χ2n) is 4.76. The number of aromatic nitrogens is 2. The third-order valence-electron chi connectivity index (χ3n) is 3.85. The largest absolute Gasteiger partial charge is 0.478 e. The standard InChI is InChI=1S/C12H14N2O2/c1-14-11(10(6-13-14)12(15)16)9-5-7-2-3-8(9)4-7/h2-3,6-9H,4-5H2,1H3,(H,15,16). The van der Waals surface area contributed by atoms with Gasteiger partial charge in [-0.1, -0.05) is 12.2 Å². The highest BCUT2D eigenvalue weighted by Gasteiger charge is 2.39. The van der Waals surface area contributed by atoms with E-state index in [-0.39, 0.29) is 0 Å². The summed E-state index contributed by atoms with van der Waals surface area (Å²) in [6, 6.07) is 0. The number of aryl methyl sites for hydroxylation is 1. The molecular formula is C12H14N2O2. The number of rotatable bonds is 2. The van der Waals surface area contributed by atoms with Gasteiger partial charge in [0.1, 0.15) is 5.56 Å². The van der Waals surface area contributed by atoms with E-state index in [4.69, 9.17) is 5.11 Å². The first kappa shape index (κ1) is 9.63. The third kappa shape index (κ3) is 1.22. The molecule has 2 bridgehead atoms. The highest BCUT2D eigenvalue weighted by atomic mass is 16.4. The van der Waals surface area contributed by atoms with Crippen molar-refractivity contribution in [2.45, 2.75) is 18.8 Å². The van der Waals surface area contributed by atoms with Crippen LogP contribution >= 0.6 is 0 Å². The van der Waals surface area contributed by atoms with Gasteiger partial charge in [-0.05, 0) is 24.7 Å². The topological polar surface area (TPSA) is 55.1 Å². The fourth-order valence-corrected chi connectivity index (χ4v) is 3.15. The van der Waals surface area contributed by atoms with Gasteiger partial charge in [0.25, 0.3) is 0 Å². The Hall–Kier alpha value is -1.58. The second kappa shape index (κ2) is 3.20. The zero-order valence-electron chi connectivity index (χ0n) is 9.13. The van der Waals surface area contributed by atoms with Crippen molar-refractivity contribution in [2.75, 3.05) is 0 Å². The van der Waals surface area contributed by atoms with Crippen molar-refractivity contribution >= 4 is 5.97 Å². The van der Waals surface area contributed by atoms with Crippen molar-refractivity contribution in [1.82, 2.24) is 9.78 Å². The van der Waals surface area contributed by atoms with Gasteiger partial charge in [0.05, 0.1) is 11.9 Å². The van der Waals surface area contributed by atoms with Crippen molar-refractivity contribution < 1.29 is 9.90 Å². The predicted octanol–water partition coefficient (Wildman–Crippen LogP) is 1.80. The van der Waals surface area contributed by atoms with Gasteiger partial charge in [-0.3, -0.25) is 4.68 Å². The van der Waals surface area contributed by atoms with E-state index in [0.717, 1.165) is 12.1 Å². The molecule has 0 radical (unpaired) electrons. The Balaban J connectivity index is 2.03. The Morgan fingerprint density at radius 3 is 2.88 bits per heavy atom. The van der Waals surface area contributed by atoms with Gasteiger partial charge in [0.2, 0.25) is 0 Å². The van der Waals surface area contributed by atoms with Crippen molar-refractivity contribution in [2.24, 2.45) is 18.9 Å². The van der Waals surface area contributed by atoms with Crippen LogP contribution in [-0.2, 0) is 7.05 Å². The molecule has 0 saturated heterocycles. The molecule has 1 saturated carbocycles. The molecule has 3 unspecified atom stereocenters. The summed E-state index contributed by atoms with van der Waals surface area (Å²) in [4.78, 5) is 11.1. The van der Waals surface area contributed by atoms with E-state index in [1.165, 1.54) is 12.6 Å². The molecule has 2 aliphatic carbocycles. The Labute approximate surface area is 93.6 Å². The van der Waals surface area contributed by atoms with Crippen LogP contribution in [0.25, 0.3) is 0 Å². The van der Waals surface area contributed by atoms with Gasteiger partial charge in [-0.15, -0.1) is 0 Å². The normalized spacial score (nSPS) is 31.2. The first-order valence-corrected chi connectivity index (χ1v) is 5.60. The van der Waals surface area contributed by atoms with Gasteiger partial charge in [0, 0.05) is 13.0 Å². The number of carboxylic acids is 1. The van der Waals surface area contributed by atoms with E-state index in [1.54, 1.807) is 4.68 Å². The van der Waals surface area contributed by atoms with E-state index >= 15 is 0 Å². The first-order valence-electron chi connectivity index (χ1n) is 5.60. The van der Waals surface area contributed by atoms with Crippen LogP contribution in [0.5, 0.6) is 0 Å².